The summed E-state index contributed by atoms with van der Waals surface area (Å²) >= 11 is 0. The molecule has 0 aliphatic carbocycles. The highest BCUT2D eigenvalue weighted by Crippen LogP contribution is 2.18. The molecule has 0 bridgehead atoms. The van der Waals surface area contributed by atoms with Crippen LogP contribution in [0.2, 0.25) is 0 Å². The number of rotatable bonds is 7. The number of methoxy groups -OCH3 is 1. The van der Waals surface area contributed by atoms with Gasteiger partial charge in [0, 0.05) is 26.5 Å². The fourth-order valence-electron chi connectivity index (χ4n) is 1.59. The topological polar surface area (TPSA) is 101 Å². The summed E-state index contributed by atoms with van der Waals surface area (Å²) in [6.07, 6.45) is 3.43. The summed E-state index contributed by atoms with van der Waals surface area (Å²) in [5.74, 6) is -1.09. The molecule has 21 heavy (non-hydrogen) atoms. The van der Waals surface area contributed by atoms with E-state index in [2.05, 4.69) is 15.6 Å². The molecule has 116 valence electrons. The molecule has 1 aromatic rings. The van der Waals surface area contributed by atoms with Crippen LogP contribution in [0.4, 0.5) is 10.5 Å². The van der Waals surface area contributed by atoms with Gasteiger partial charge in [0.15, 0.2) is 0 Å². The largest absolute Gasteiger partial charge is 0.478 e. The first-order valence-corrected chi connectivity index (χ1v) is 6.56. The van der Waals surface area contributed by atoms with Crippen LogP contribution < -0.4 is 10.6 Å². The van der Waals surface area contributed by atoms with Gasteiger partial charge in [-0.05, 0) is 17.9 Å². The van der Waals surface area contributed by atoms with Crippen molar-refractivity contribution in [1.82, 2.24) is 10.3 Å². The Morgan fingerprint density at radius 3 is 2.71 bits per heavy atom. The highest BCUT2D eigenvalue weighted by molar-refractivity contribution is 5.92. The molecule has 2 amide bonds. The molecule has 1 rings (SSSR count). The molecule has 0 aromatic carbocycles. The highest BCUT2D eigenvalue weighted by Gasteiger charge is 2.18. The van der Waals surface area contributed by atoms with Gasteiger partial charge in [-0.15, -0.1) is 0 Å². The van der Waals surface area contributed by atoms with Crippen molar-refractivity contribution in [2.45, 2.75) is 20.3 Å². The minimum Gasteiger partial charge on any atom is -0.478 e. The summed E-state index contributed by atoms with van der Waals surface area (Å²) in [4.78, 5) is 26.4. The van der Waals surface area contributed by atoms with Gasteiger partial charge < -0.3 is 20.5 Å². The van der Waals surface area contributed by atoms with Crippen LogP contribution in [0.25, 0.3) is 0 Å². The van der Waals surface area contributed by atoms with Gasteiger partial charge in [0.25, 0.3) is 0 Å². The van der Waals surface area contributed by atoms with Gasteiger partial charge >= 0.3 is 12.0 Å². The lowest BCUT2D eigenvalue weighted by Crippen LogP contribution is -2.37. The first-order chi connectivity index (χ1) is 9.84. The summed E-state index contributed by atoms with van der Waals surface area (Å²) in [6, 6.07) is 0.954. The fourth-order valence-corrected chi connectivity index (χ4v) is 1.59. The molecule has 1 aromatic heterocycles. The summed E-state index contributed by atoms with van der Waals surface area (Å²) < 4.78 is 5.02. The van der Waals surface area contributed by atoms with Crippen LogP contribution in [0.15, 0.2) is 18.5 Å². The zero-order valence-corrected chi connectivity index (χ0v) is 12.5. The van der Waals surface area contributed by atoms with Crippen LogP contribution in [0.3, 0.4) is 0 Å². The van der Waals surface area contributed by atoms with Crippen LogP contribution in [-0.4, -0.2) is 42.4 Å². The number of hydrogen-bond acceptors (Lipinski definition) is 4. The van der Waals surface area contributed by atoms with E-state index < -0.39 is 12.0 Å². The third kappa shape index (κ3) is 6.22. The van der Waals surface area contributed by atoms with Crippen LogP contribution in [0.1, 0.15) is 30.6 Å². The lowest BCUT2D eigenvalue weighted by Gasteiger charge is -2.24. The van der Waals surface area contributed by atoms with Gasteiger partial charge in [-0.1, -0.05) is 13.8 Å². The number of aromatic carboxylic acids is 1. The number of nitrogens with zero attached hydrogens (tertiary/aromatic N) is 1. The lowest BCUT2D eigenvalue weighted by atomic mass is 9.90. The van der Waals surface area contributed by atoms with Crippen molar-refractivity contribution in [1.29, 1.82) is 0 Å². The first-order valence-electron chi connectivity index (χ1n) is 6.56. The normalized spacial score (nSPS) is 11.0. The summed E-state index contributed by atoms with van der Waals surface area (Å²) in [7, 11) is 1.64. The Balaban J connectivity index is 2.50. The third-order valence-electron chi connectivity index (χ3n) is 2.95. The van der Waals surface area contributed by atoms with E-state index in [0.29, 0.717) is 18.8 Å². The van der Waals surface area contributed by atoms with E-state index in [-0.39, 0.29) is 11.0 Å². The van der Waals surface area contributed by atoms with Crippen molar-refractivity contribution in [3.63, 3.8) is 0 Å². The summed E-state index contributed by atoms with van der Waals surface area (Å²) in [5, 5.41) is 14.2. The molecule has 7 heteroatoms. The number of carbonyl (C=O) groups is 2. The monoisotopic (exact) mass is 295 g/mol. The standard InChI is InChI=1S/C14H21N3O4/c1-14(2,4-5-21-3)9-16-13(20)17-11-6-10(12(18)19)7-15-8-11/h6-8H,4-5,9H2,1-3H3,(H,18,19)(H2,16,17,20). The number of pyridine rings is 1. The predicted molar refractivity (Wildman–Crippen MR) is 78.5 cm³/mol. The molecule has 0 fully saturated rings. The van der Waals surface area contributed by atoms with Crippen molar-refractivity contribution in [3.8, 4) is 0 Å². The first kappa shape index (κ1) is 16.9. The van der Waals surface area contributed by atoms with Crippen LogP contribution >= 0.6 is 0 Å². The quantitative estimate of drug-likeness (QED) is 0.714. The molecule has 1 heterocycles. The Kier molecular flexibility index (Phi) is 6.10. The average Bonchev–Trinajstić information content (AvgIpc) is 2.43. The van der Waals surface area contributed by atoms with E-state index >= 15 is 0 Å². The molecule has 0 aliphatic rings. The minimum atomic E-state index is -1.09. The SMILES string of the molecule is COCCC(C)(C)CNC(=O)Nc1cncc(C(=O)O)c1. The molecule has 0 saturated heterocycles. The Labute approximate surface area is 123 Å². The van der Waals surface area contributed by atoms with Crippen molar-refractivity contribution >= 4 is 17.7 Å². The van der Waals surface area contributed by atoms with Crippen LogP contribution in [0.5, 0.6) is 0 Å². The van der Waals surface area contributed by atoms with E-state index in [0.717, 1.165) is 6.42 Å². The minimum absolute atomic E-state index is 0.0215. The number of hydrogen-bond donors (Lipinski definition) is 3. The molecule has 0 saturated carbocycles. The third-order valence-corrected chi connectivity index (χ3v) is 2.95. The van der Waals surface area contributed by atoms with Crippen molar-refractivity contribution in [2.24, 2.45) is 5.41 Å². The van der Waals surface area contributed by atoms with E-state index in [4.69, 9.17) is 9.84 Å². The Morgan fingerprint density at radius 1 is 1.38 bits per heavy atom. The zero-order valence-electron chi connectivity index (χ0n) is 12.5. The van der Waals surface area contributed by atoms with Crippen molar-refractivity contribution in [2.75, 3.05) is 25.6 Å². The van der Waals surface area contributed by atoms with E-state index in [9.17, 15) is 9.59 Å². The van der Waals surface area contributed by atoms with E-state index in [1.807, 2.05) is 13.8 Å². The lowest BCUT2D eigenvalue weighted by molar-refractivity contribution is 0.0696. The number of urea groups is 1. The number of amides is 2. The Bertz CT molecular complexity index is 503. The number of aromatic nitrogens is 1. The van der Waals surface area contributed by atoms with Gasteiger partial charge in [0.2, 0.25) is 0 Å². The molecule has 0 radical (unpaired) electrons. The average molecular weight is 295 g/mol. The van der Waals surface area contributed by atoms with Crippen molar-refractivity contribution in [3.05, 3.63) is 24.0 Å². The van der Waals surface area contributed by atoms with E-state index in [1.165, 1.54) is 18.5 Å². The van der Waals surface area contributed by atoms with Crippen molar-refractivity contribution < 1.29 is 19.4 Å². The Hall–Kier alpha value is -2.15. The van der Waals surface area contributed by atoms with Crippen LogP contribution in [0, 0.1) is 5.41 Å². The second-order valence-electron chi connectivity index (χ2n) is 5.48. The number of carbonyl (C=O) groups excluding carboxylic acids is 1. The van der Waals surface area contributed by atoms with Gasteiger partial charge in [-0.3, -0.25) is 4.98 Å². The number of carboxylic acid groups (broad SMARTS) is 1. The highest BCUT2D eigenvalue weighted by atomic mass is 16.5. The van der Waals surface area contributed by atoms with Gasteiger partial charge in [-0.25, -0.2) is 9.59 Å². The fraction of sp³-hybridized carbons (Fsp3) is 0.500. The number of anilines is 1. The molecule has 0 atom stereocenters. The number of ether oxygens (including phenoxy) is 1. The molecule has 0 spiro atoms. The maximum Gasteiger partial charge on any atom is 0.337 e. The van der Waals surface area contributed by atoms with Gasteiger partial charge in [-0.2, -0.15) is 0 Å². The summed E-state index contributed by atoms with van der Waals surface area (Å²) in [6.45, 7) is 5.16. The predicted octanol–water partition coefficient (Wildman–Crippen LogP) is 1.96. The molecule has 0 aliphatic heterocycles. The zero-order chi connectivity index (χ0) is 15.9. The van der Waals surface area contributed by atoms with Gasteiger partial charge in [0.05, 0.1) is 17.4 Å². The molecule has 0 unspecified atom stereocenters. The van der Waals surface area contributed by atoms with E-state index in [1.54, 1.807) is 7.11 Å². The maximum absolute atomic E-state index is 11.8. The maximum atomic E-state index is 11.8. The second kappa shape index (κ2) is 7.58. The number of carboxylic acids is 1. The molecule has 7 nitrogen and oxygen atoms in total. The Morgan fingerprint density at radius 2 is 2.10 bits per heavy atom. The van der Waals surface area contributed by atoms with Gasteiger partial charge in [0.1, 0.15) is 0 Å². The summed E-state index contributed by atoms with van der Waals surface area (Å²) in [5.41, 5.74) is 0.268. The molecular formula is C14H21N3O4. The number of nitrogens with one attached hydrogen (secondary N) is 2. The molecule has 3 N–H and O–H groups in total. The molecular weight excluding hydrogens is 274 g/mol. The van der Waals surface area contributed by atoms with Crippen LogP contribution in [-0.2, 0) is 4.74 Å². The smallest absolute Gasteiger partial charge is 0.337 e. The second-order valence-corrected chi connectivity index (χ2v) is 5.48.